The van der Waals surface area contributed by atoms with Crippen LogP contribution in [0, 0.1) is 13.8 Å². The zero-order valence-corrected chi connectivity index (χ0v) is 17.1. The van der Waals surface area contributed by atoms with Gasteiger partial charge in [-0.2, -0.15) is 0 Å². The average molecular weight is 389 g/mol. The molecule has 0 aromatic heterocycles. The van der Waals surface area contributed by atoms with Crippen molar-refractivity contribution in [2.24, 2.45) is 0 Å². The maximum absolute atomic E-state index is 11.9. The third kappa shape index (κ3) is 6.92. The molecule has 3 rings (SSSR count). The molecule has 0 unspecified atom stereocenters. The highest BCUT2D eigenvalue weighted by Gasteiger charge is 2.08. The zero-order valence-electron chi connectivity index (χ0n) is 17.1. The molecule has 0 aliphatic rings. The molecule has 0 saturated heterocycles. The number of amides is 1. The fraction of sp³-hybridized carbons (Fsp3) is 0.200. The Morgan fingerprint density at radius 2 is 1.28 bits per heavy atom. The lowest BCUT2D eigenvalue weighted by molar-refractivity contribution is 0.0504. The number of ether oxygens (including phenoxy) is 1. The second-order valence-electron chi connectivity index (χ2n) is 6.59. The molecule has 3 aromatic rings. The van der Waals surface area contributed by atoms with E-state index in [1.807, 2.05) is 93.6 Å². The van der Waals surface area contributed by atoms with Crippen LogP contribution in [0.15, 0.2) is 78.9 Å². The Balaban J connectivity index is 0.000000212. The fourth-order valence-electron chi connectivity index (χ4n) is 2.62. The molecule has 0 fully saturated rings. The SMILES string of the molecule is CCCOC(=O)c1ccccc1C.Cc1ccccc1C(=O)Nc1ccccc1. The summed E-state index contributed by atoms with van der Waals surface area (Å²) < 4.78 is 5.02. The first-order valence-electron chi connectivity index (χ1n) is 9.67. The van der Waals surface area contributed by atoms with Crippen molar-refractivity contribution in [3.05, 3.63) is 101 Å². The van der Waals surface area contributed by atoms with E-state index in [0.717, 1.165) is 23.2 Å². The number of hydrogen-bond donors (Lipinski definition) is 1. The Morgan fingerprint density at radius 1 is 0.759 bits per heavy atom. The molecule has 0 atom stereocenters. The monoisotopic (exact) mass is 389 g/mol. The Morgan fingerprint density at radius 3 is 1.83 bits per heavy atom. The van der Waals surface area contributed by atoms with Crippen molar-refractivity contribution in [1.29, 1.82) is 0 Å². The minimum atomic E-state index is -0.222. The summed E-state index contributed by atoms with van der Waals surface area (Å²) in [6, 6.07) is 24.4. The van der Waals surface area contributed by atoms with E-state index >= 15 is 0 Å². The van der Waals surface area contributed by atoms with E-state index in [9.17, 15) is 9.59 Å². The van der Waals surface area contributed by atoms with Crippen LogP contribution < -0.4 is 5.32 Å². The van der Waals surface area contributed by atoms with Gasteiger partial charge in [0, 0.05) is 11.3 Å². The molecule has 4 nitrogen and oxygen atoms in total. The maximum atomic E-state index is 11.9. The summed E-state index contributed by atoms with van der Waals surface area (Å²) >= 11 is 0. The van der Waals surface area contributed by atoms with Crippen LogP contribution in [-0.2, 0) is 4.74 Å². The van der Waals surface area contributed by atoms with Gasteiger partial charge in [0.2, 0.25) is 0 Å². The highest BCUT2D eigenvalue weighted by atomic mass is 16.5. The van der Waals surface area contributed by atoms with Crippen LogP contribution in [0.1, 0.15) is 45.2 Å². The summed E-state index contributed by atoms with van der Waals surface area (Å²) in [4.78, 5) is 23.3. The first-order chi connectivity index (χ1) is 14.0. The second kappa shape index (κ2) is 11.4. The number of benzene rings is 3. The van der Waals surface area contributed by atoms with Gasteiger partial charge in [-0.1, -0.05) is 61.5 Å². The van der Waals surface area contributed by atoms with Crippen LogP contribution in [0.5, 0.6) is 0 Å². The van der Waals surface area contributed by atoms with E-state index in [1.165, 1.54) is 0 Å². The molecule has 0 aliphatic heterocycles. The van der Waals surface area contributed by atoms with Gasteiger partial charge >= 0.3 is 5.97 Å². The fourth-order valence-corrected chi connectivity index (χ4v) is 2.62. The summed E-state index contributed by atoms with van der Waals surface area (Å²) in [6.45, 7) is 6.31. The molecule has 29 heavy (non-hydrogen) atoms. The smallest absolute Gasteiger partial charge is 0.338 e. The lowest BCUT2D eigenvalue weighted by Gasteiger charge is -2.06. The number of nitrogens with one attached hydrogen (secondary N) is 1. The molecule has 1 N–H and O–H groups in total. The molecular weight excluding hydrogens is 362 g/mol. The Kier molecular flexibility index (Phi) is 8.64. The van der Waals surface area contributed by atoms with Crippen molar-refractivity contribution >= 4 is 17.6 Å². The van der Waals surface area contributed by atoms with E-state index in [-0.39, 0.29) is 11.9 Å². The number of carbonyl (C=O) groups is 2. The van der Waals surface area contributed by atoms with Crippen LogP contribution >= 0.6 is 0 Å². The van der Waals surface area contributed by atoms with Crippen LogP contribution in [0.2, 0.25) is 0 Å². The Hall–Kier alpha value is -3.40. The number of aryl methyl sites for hydroxylation is 2. The number of para-hydroxylation sites is 1. The van der Waals surface area contributed by atoms with Crippen molar-refractivity contribution in [1.82, 2.24) is 0 Å². The van der Waals surface area contributed by atoms with Gasteiger partial charge in [-0.15, -0.1) is 0 Å². The summed E-state index contributed by atoms with van der Waals surface area (Å²) in [6.07, 6.45) is 0.859. The quantitative estimate of drug-likeness (QED) is 0.560. The van der Waals surface area contributed by atoms with Gasteiger partial charge in [0.15, 0.2) is 0 Å². The van der Waals surface area contributed by atoms with Crippen LogP contribution in [0.3, 0.4) is 0 Å². The molecule has 0 aliphatic carbocycles. The largest absolute Gasteiger partial charge is 0.462 e. The Bertz CT molecular complexity index is 936. The molecule has 0 spiro atoms. The summed E-state index contributed by atoms with van der Waals surface area (Å²) in [5.74, 6) is -0.288. The lowest BCUT2D eigenvalue weighted by Crippen LogP contribution is -2.12. The van der Waals surface area contributed by atoms with Crippen molar-refractivity contribution in [3.63, 3.8) is 0 Å². The van der Waals surface area contributed by atoms with Gasteiger partial charge < -0.3 is 10.1 Å². The molecule has 1 amide bonds. The summed E-state index contributed by atoms with van der Waals surface area (Å²) in [7, 11) is 0. The Labute approximate surface area is 172 Å². The second-order valence-corrected chi connectivity index (χ2v) is 6.59. The highest BCUT2D eigenvalue weighted by molar-refractivity contribution is 6.05. The molecule has 0 radical (unpaired) electrons. The number of esters is 1. The number of anilines is 1. The third-order valence-corrected chi connectivity index (χ3v) is 4.22. The molecule has 3 aromatic carbocycles. The molecule has 0 heterocycles. The normalized spacial score (nSPS) is 9.76. The van der Waals surface area contributed by atoms with Crippen LogP contribution in [0.4, 0.5) is 5.69 Å². The highest BCUT2D eigenvalue weighted by Crippen LogP contribution is 2.11. The minimum absolute atomic E-state index is 0.0655. The number of hydrogen-bond acceptors (Lipinski definition) is 3. The molecule has 0 saturated carbocycles. The molecule has 150 valence electrons. The molecule has 4 heteroatoms. The van der Waals surface area contributed by atoms with Crippen LogP contribution in [-0.4, -0.2) is 18.5 Å². The van der Waals surface area contributed by atoms with Crippen molar-refractivity contribution in [2.45, 2.75) is 27.2 Å². The lowest BCUT2D eigenvalue weighted by atomic mass is 10.1. The van der Waals surface area contributed by atoms with Gasteiger partial charge in [0.05, 0.1) is 12.2 Å². The van der Waals surface area contributed by atoms with E-state index in [4.69, 9.17) is 4.74 Å². The number of carbonyl (C=O) groups excluding carboxylic acids is 2. The van der Waals surface area contributed by atoms with E-state index in [0.29, 0.717) is 17.7 Å². The topological polar surface area (TPSA) is 55.4 Å². The summed E-state index contributed by atoms with van der Waals surface area (Å²) in [5.41, 5.74) is 4.14. The predicted octanol–water partition coefficient (Wildman–Crippen LogP) is 5.81. The maximum Gasteiger partial charge on any atom is 0.338 e. The van der Waals surface area contributed by atoms with Crippen molar-refractivity contribution in [3.8, 4) is 0 Å². The van der Waals surface area contributed by atoms with Gasteiger partial charge in [-0.3, -0.25) is 4.79 Å². The molecule has 0 bridgehead atoms. The van der Waals surface area contributed by atoms with Gasteiger partial charge in [-0.05, 0) is 55.7 Å². The molecular formula is C25H27NO3. The van der Waals surface area contributed by atoms with Crippen molar-refractivity contribution in [2.75, 3.05) is 11.9 Å². The zero-order chi connectivity index (χ0) is 21.1. The predicted molar refractivity (Wildman–Crippen MR) is 117 cm³/mol. The summed E-state index contributed by atoms with van der Waals surface area (Å²) in [5, 5.41) is 2.86. The standard InChI is InChI=1S/C14H13NO.C11H14O2/c1-11-7-5-6-10-13(11)14(16)15-12-8-3-2-4-9-12;1-3-8-13-11(12)10-7-5-4-6-9(10)2/h2-10H,1H3,(H,15,16);4-7H,3,8H2,1-2H3. The first-order valence-corrected chi connectivity index (χ1v) is 9.67. The van der Waals surface area contributed by atoms with E-state index in [1.54, 1.807) is 6.07 Å². The van der Waals surface area contributed by atoms with Crippen molar-refractivity contribution < 1.29 is 14.3 Å². The minimum Gasteiger partial charge on any atom is -0.462 e. The van der Waals surface area contributed by atoms with E-state index in [2.05, 4.69) is 5.32 Å². The first kappa shape index (κ1) is 21.9. The average Bonchev–Trinajstić information content (AvgIpc) is 2.74. The van der Waals surface area contributed by atoms with Gasteiger partial charge in [0.25, 0.3) is 5.91 Å². The van der Waals surface area contributed by atoms with Gasteiger partial charge in [-0.25, -0.2) is 4.79 Å². The number of rotatable bonds is 5. The third-order valence-electron chi connectivity index (χ3n) is 4.22. The van der Waals surface area contributed by atoms with Gasteiger partial charge in [0.1, 0.15) is 0 Å². The van der Waals surface area contributed by atoms with E-state index < -0.39 is 0 Å². The van der Waals surface area contributed by atoms with Crippen LogP contribution in [0.25, 0.3) is 0 Å².